The van der Waals surface area contributed by atoms with Crippen molar-refractivity contribution >= 4 is 25.0 Å². The topological polar surface area (TPSA) is 85.4 Å². The zero-order valence-electron chi connectivity index (χ0n) is 9.87. The average molecular weight is 240 g/mol. The number of ether oxygens (including phenoxy) is 1. The van der Waals surface area contributed by atoms with Crippen LogP contribution in [-0.4, -0.2) is 31.2 Å². The maximum atomic E-state index is 11.0. The summed E-state index contributed by atoms with van der Waals surface area (Å²) < 4.78 is 4.95. The second-order valence-electron chi connectivity index (χ2n) is 4.53. The molecular formula is C10H16N2O3Si. The summed E-state index contributed by atoms with van der Waals surface area (Å²) in [7, 11) is -0.346. The number of hydrogen-bond acceptors (Lipinski definition) is 4. The van der Waals surface area contributed by atoms with Gasteiger partial charge in [-0.15, -0.1) is 0 Å². The van der Waals surface area contributed by atoms with E-state index in [0.717, 1.165) is 0 Å². The van der Waals surface area contributed by atoms with E-state index in [9.17, 15) is 4.79 Å². The van der Waals surface area contributed by atoms with Gasteiger partial charge in [0.05, 0.1) is 12.8 Å². The highest BCUT2D eigenvalue weighted by Gasteiger charge is 2.25. The predicted octanol–water partition coefficient (Wildman–Crippen LogP) is 0.916. The van der Waals surface area contributed by atoms with Crippen LogP contribution in [0.15, 0.2) is 6.07 Å². The van der Waals surface area contributed by atoms with E-state index in [1.807, 2.05) is 0 Å². The minimum atomic E-state index is -1.75. The number of nitrogens with zero attached hydrogens (tertiary/aromatic N) is 1. The third-order valence-electron chi connectivity index (χ3n) is 2.15. The van der Waals surface area contributed by atoms with Gasteiger partial charge in [0, 0.05) is 11.4 Å². The van der Waals surface area contributed by atoms with E-state index in [-0.39, 0.29) is 11.4 Å². The molecule has 0 fully saturated rings. The van der Waals surface area contributed by atoms with Crippen LogP contribution in [0.3, 0.4) is 0 Å². The van der Waals surface area contributed by atoms with Crippen LogP contribution in [0.25, 0.3) is 0 Å². The molecule has 0 spiro atoms. The minimum absolute atomic E-state index is 0.0749. The lowest BCUT2D eigenvalue weighted by Crippen LogP contribution is -2.42. The van der Waals surface area contributed by atoms with Gasteiger partial charge in [-0.3, -0.25) is 0 Å². The molecule has 1 heterocycles. The minimum Gasteiger partial charge on any atom is -0.494 e. The lowest BCUT2D eigenvalue weighted by molar-refractivity contribution is 0.0687. The van der Waals surface area contributed by atoms with Crippen LogP contribution < -0.4 is 15.8 Å². The molecule has 1 rings (SSSR count). The van der Waals surface area contributed by atoms with Crippen LogP contribution in [0.4, 0.5) is 5.69 Å². The molecule has 1 aromatic heterocycles. The largest absolute Gasteiger partial charge is 0.494 e. The van der Waals surface area contributed by atoms with Crippen molar-refractivity contribution in [3.05, 3.63) is 11.8 Å². The molecule has 6 heteroatoms. The van der Waals surface area contributed by atoms with Gasteiger partial charge in [-0.05, 0) is 0 Å². The van der Waals surface area contributed by atoms with E-state index >= 15 is 0 Å². The molecule has 0 saturated carbocycles. The molecule has 0 saturated heterocycles. The van der Waals surface area contributed by atoms with Gasteiger partial charge < -0.3 is 15.6 Å². The fraction of sp³-hybridized carbons (Fsp3) is 0.400. The molecule has 0 amide bonds. The zero-order valence-corrected chi connectivity index (χ0v) is 10.9. The Labute approximate surface area is 95.3 Å². The van der Waals surface area contributed by atoms with Crippen LogP contribution in [-0.2, 0) is 0 Å². The first kappa shape index (κ1) is 12.5. The maximum absolute atomic E-state index is 11.0. The second kappa shape index (κ2) is 4.13. The number of rotatable bonds is 3. The van der Waals surface area contributed by atoms with Gasteiger partial charge in [0.15, 0.2) is 11.4 Å². The zero-order chi connectivity index (χ0) is 12.5. The standard InChI is InChI=1S/C10H16N2O3Si/c1-15-7-5-6(11)9(16(2,3)4)12-8(7)10(13)14/h5H,11H2,1-4H3,(H,13,14). The number of aromatic nitrogens is 1. The summed E-state index contributed by atoms with van der Waals surface area (Å²) in [5.41, 5.74) is 6.28. The number of methoxy groups -OCH3 is 1. The smallest absolute Gasteiger partial charge is 0.358 e. The normalized spacial score (nSPS) is 11.2. The van der Waals surface area contributed by atoms with Crippen LogP contribution in [0, 0.1) is 0 Å². The highest BCUT2D eigenvalue weighted by Crippen LogP contribution is 2.19. The van der Waals surface area contributed by atoms with Crippen LogP contribution in [0.2, 0.25) is 19.6 Å². The van der Waals surface area contributed by atoms with Crippen molar-refractivity contribution in [3.8, 4) is 5.75 Å². The number of pyridine rings is 1. The van der Waals surface area contributed by atoms with Crippen molar-refractivity contribution in [2.45, 2.75) is 19.6 Å². The lowest BCUT2D eigenvalue weighted by Gasteiger charge is -2.19. The Kier molecular flexibility index (Phi) is 3.23. The molecular weight excluding hydrogens is 224 g/mol. The van der Waals surface area contributed by atoms with E-state index in [2.05, 4.69) is 24.6 Å². The predicted molar refractivity (Wildman–Crippen MR) is 65.1 cm³/mol. The van der Waals surface area contributed by atoms with Crippen LogP contribution in [0.1, 0.15) is 10.5 Å². The van der Waals surface area contributed by atoms with Crippen LogP contribution in [0.5, 0.6) is 5.75 Å². The summed E-state index contributed by atoms with van der Waals surface area (Å²) in [6, 6.07) is 1.53. The van der Waals surface area contributed by atoms with Gasteiger partial charge in [-0.2, -0.15) is 0 Å². The summed E-state index contributed by atoms with van der Waals surface area (Å²) in [6.07, 6.45) is 0. The average Bonchev–Trinajstić information content (AvgIpc) is 2.14. The molecule has 0 bridgehead atoms. The molecule has 0 aliphatic heterocycles. The number of nitrogens with two attached hydrogens (primary N) is 1. The van der Waals surface area contributed by atoms with Gasteiger partial charge in [-0.25, -0.2) is 9.78 Å². The SMILES string of the molecule is COc1cc(N)c([Si](C)(C)C)nc1C(=O)O. The summed E-state index contributed by atoms with van der Waals surface area (Å²) in [5.74, 6) is -0.900. The summed E-state index contributed by atoms with van der Waals surface area (Å²) >= 11 is 0. The monoisotopic (exact) mass is 240 g/mol. The summed E-state index contributed by atoms with van der Waals surface area (Å²) in [5, 5.41) is 9.71. The molecule has 0 aliphatic rings. The van der Waals surface area contributed by atoms with Gasteiger partial charge >= 0.3 is 5.97 Å². The van der Waals surface area contributed by atoms with Gasteiger partial charge in [0.25, 0.3) is 0 Å². The van der Waals surface area contributed by atoms with E-state index in [1.54, 1.807) is 0 Å². The van der Waals surface area contributed by atoms with Gasteiger partial charge in [-0.1, -0.05) is 19.6 Å². The molecule has 5 nitrogen and oxygen atoms in total. The van der Waals surface area contributed by atoms with Gasteiger partial charge in [0.2, 0.25) is 0 Å². The number of carboxylic acid groups (broad SMARTS) is 1. The number of anilines is 1. The first-order valence-electron chi connectivity index (χ1n) is 4.85. The Bertz CT molecular complexity index is 427. The highest BCUT2D eigenvalue weighted by atomic mass is 28.3. The molecule has 0 aliphatic carbocycles. The van der Waals surface area contributed by atoms with Crippen molar-refractivity contribution < 1.29 is 14.6 Å². The van der Waals surface area contributed by atoms with Gasteiger partial charge in [0.1, 0.15) is 8.07 Å². The van der Waals surface area contributed by atoms with Crippen molar-refractivity contribution in [1.82, 2.24) is 4.98 Å². The molecule has 1 aromatic rings. The Morgan fingerprint density at radius 3 is 2.44 bits per heavy atom. The maximum Gasteiger partial charge on any atom is 0.358 e. The fourth-order valence-electron chi connectivity index (χ4n) is 1.42. The number of carboxylic acids is 1. The van der Waals surface area contributed by atoms with Crippen molar-refractivity contribution in [2.24, 2.45) is 0 Å². The lowest BCUT2D eigenvalue weighted by atomic mass is 10.3. The first-order valence-corrected chi connectivity index (χ1v) is 8.35. The van der Waals surface area contributed by atoms with E-state index in [0.29, 0.717) is 11.0 Å². The number of aromatic carboxylic acids is 1. The molecule has 88 valence electrons. The van der Waals surface area contributed by atoms with E-state index in [4.69, 9.17) is 15.6 Å². The molecule has 16 heavy (non-hydrogen) atoms. The van der Waals surface area contributed by atoms with Crippen LogP contribution >= 0.6 is 0 Å². The Hall–Kier alpha value is -1.56. The third-order valence-corrected chi connectivity index (χ3v) is 3.97. The number of nitrogen functional groups attached to an aromatic ring is 1. The quantitative estimate of drug-likeness (QED) is 0.767. The Balaban J connectivity index is 3.45. The van der Waals surface area contributed by atoms with E-state index < -0.39 is 14.0 Å². The fourth-order valence-corrected chi connectivity index (χ4v) is 2.80. The molecule has 3 N–H and O–H groups in total. The Morgan fingerprint density at radius 2 is 2.06 bits per heavy atom. The number of hydrogen-bond donors (Lipinski definition) is 2. The highest BCUT2D eigenvalue weighted by molar-refractivity contribution is 6.89. The molecule has 0 atom stereocenters. The van der Waals surface area contributed by atoms with Crippen molar-refractivity contribution in [3.63, 3.8) is 0 Å². The molecule has 0 radical (unpaired) electrons. The summed E-state index contributed by atoms with van der Waals surface area (Å²) in [6.45, 7) is 6.18. The molecule has 0 unspecified atom stereocenters. The second-order valence-corrected chi connectivity index (χ2v) is 9.51. The number of carbonyl (C=O) groups is 1. The third kappa shape index (κ3) is 2.33. The summed E-state index contributed by atoms with van der Waals surface area (Å²) in [4.78, 5) is 15.1. The molecule has 0 aromatic carbocycles. The van der Waals surface area contributed by atoms with E-state index in [1.165, 1.54) is 13.2 Å². The van der Waals surface area contributed by atoms with Crippen molar-refractivity contribution in [2.75, 3.05) is 12.8 Å². The van der Waals surface area contributed by atoms with Crippen molar-refractivity contribution in [1.29, 1.82) is 0 Å². The first-order chi connectivity index (χ1) is 7.27. The Morgan fingerprint density at radius 1 is 1.50 bits per heavy atom.